The number of hydrogen-bond donors (Lipinski definition) is 2. The van der Waals surface area contributed by atoms with E-state index >= 15 is 0 Å². The van der Waals surface area contributed by atoms with Crippen molar-refractivity contribution in [2.75, 3.05) is 0 Å². The van der Waals surface area contributed by atoms with Crippen LogP contribution < -0.4 is 10.1 Å². The first-order chi connectivity index (χ1) is 17.3. The van der Waals surface area contributed by atoms with Crippen molar-refractivity contribution in [2.45, 2.75) is 16.9 Å². The molecule has 0 fully saturated rings. The van der Waals surface area contributed by atoms with Crippen LogP contribution in [0.25, 0.3) is 0 Å². The Morgan fingerprint density at radius 1 is 1.08 bits per heavy atom. The molecule has 0 aliphatic carbocycles. The fraction of sp³-hybridized carbons (Fsp3) is 0.0769. The zero-order valence-corrected chi connectivity index (χ0v) is 21.5. The molecule has 0 saturated heterocycles. The first-order valence-electron chi connectivity index (χ1n) is 10.7. The van der Waals surface area contributed by atoms with E-state index in [0.29, 0.717) is 31.3 Å². The van der Waals surface area contributed by atoms with E-state index in [2.05, 4.69) is 10.3 Å². The number of nitrogens with zero attached hydrogens (tertiary/aromatic N) is 1. The standard InChI is InChI=1S/C26H17Cl2FN2O3S2/c27-18-4-1-2-5-20(18)36-24-19(32)13-26(31-25(24)33,15-12-22(28)35-14-15)21-6-3-7-23(30-21)34-17-10-8-16(29)9-11-17/h1-12,14,32H,13H2,(H,31,33). The Hall–Kier alpha value is -3.04. The van der Waals surface area contributed by atoms with Crippen LogP contribution in [0.15, 0.2) is 93.7 Å². The van der Waals surface area contributed by atoms with Gasteiger partial charge in [0.15, 0.2) is 0 Å². The molecule has 1 aliphatic rings. The van der Waals surface area contributed by atoms with Gasteiger partial charge in [0.05, 0.1) is 15.1 Å². The molecular weight excluding hydrogens is 542 g/mol. The highest BCUT2D eigenvalue weighted by Gasteiger charge is 2.44. The van der Waals surface area contributed by atoms with E-state index in [9.17, 15) is 14.3 Å². The zero-order chi connectivity index (χ0) is 25.3. The normalized spacial score (nSPS) is 17.7. The maximum absolute atomic E-state index is 13.4. The number of thioether (sulfide) groups is 1. The van der Waals surface area contributed by atoms with E-state index in [4.69, 9.17) is 27.9 Å². The van der Waals surface area contributed by atoms with E-state index in [0.717, 1.165) is 11.8 Å². The number of ether oxygens (including phenoxy) is 1. The molecule has 3 heterocycles. The number of pyridine rings is 1. The Morgan fingerprint density at radius 2 is 1.86 bits per heavy atom. The lowest BCUT2D eigenvalue weighted by Crippen LogP contribution is -2.50. The first-order valence-corrected chi connectivity index (χ1v) is 13.1. The van der Waals surface area contributed by atoms with Gasteiger partial charge in [0.25, 0.3) is 5.91 Å². The van der Waals surface area contributed by atoms with Gasteiger partial charge >= 0.3 is 0 Å². The second kappa shape index (κ2) is 10.1. The Bertz CT molecular complexity index is 1480. The smallest absolute Gasteiger partial charge is 0.262 e. The number of carbonyl (C=O) groups is 1. The molecule has 10 heteroatoms. The number of rotatable bonds is 6. The molecule has 4 aromatic rings. The molecule has 2 aromatic heterocycles. The van der Waals surface area contributed by atoms with Crippen LogP contribution >= 0.6 is 46.3 Å². The maximum atomic E-state index is 13.4. The van der Waals surface area contributed by atoms with Crippen LogP contribution in [0, 0.1) is 5.82 Å². The molecule has 36 heavy (non-hydrogen) atoms. The van der Waals surface area contributed by atoms with Crippen LogP contribution in [-0.4, -0.2) is 16.0 Å². The topological polar surface area (TPSA) is 71.5 Å². The predicted molar refractivity (Wildman–Crippen MR) is 141 cm³/mol. The Morgan fingerprint density at radius 3 is 2.56 bits per heavy atom. The van der Waals surface area contributed by atoms with Gasteiger partial charge in [0.1, 0.15) is 27.8 Å². The van der Waals surface area contributed by atoms with Gasteiger partial charge in [-0.3, -0.25) is 4.79 Å². The summed E-state index contributed by atoms with van der Waals surface area (Å²) in [5.41, 5.74) is -0.0822. The number of benzene rings is 2. The van der Waals surface area contributed by atoms with Gasteiger partial charge < -0.3 is 15.2 Å². The maximum Gasteiger partial charge on any atom is 0.262 e. The van der Waals surface area contributed by atoms with E-state index < -0.39 is 11.4 Å². The van der Waals surface area contributed by atoms with Crippen molar-refractivity contribution < 1.29 is 19.0 Å². The van der Waals surface area contributed by atoms with E-state index in [1.54, 1.807) is 48.5 Å². The number of aliphatic hydroxyl groups is 1. The number of carbonyl (C=O) groups excluding carboxylic acids is 1. The number of thiophene rings is 1. The summed E-state index contributed by atoms with van der Waals surface area (Å²) in [6.45, 7) is 0. The summed E-state index contributed by atoms with van der Waals surface area (Å²) < 4.78 is 19.6. The summed E-state index contributed by atoms with van der Waals surface area (Å²) in [4.78, 5) is 18.8. The summed E-state index contributed by atoms with van der Waals surface area (Å²) in [7, 11) is 0. The molecule has 5 rings (SSSR count). The SMILES string of the molecule is O=C1NC(c2csc(Cl)c2)(c2cccc(Oc3ccc(F)cc3)n2)CC(O)=C1Sc1ccccc1Cl. The van der Waals surface area contributed by atoms with E-state index in [1.807, 2.05) is 5.38 Å². The average molecular weight is 559 g/mol. The summed E-state index contributed by atoms with van der Waals surface area (Å²) in [5, 5.41) is 16.5. The van der Waals surface area contributed by atoms with Gasteiger partial charge in [0, 0.05) is 17.4 Å². The summed E-state index contributed by atoms with van der Waals surface area (Å²) in [6, 6.07) is 19.5. The van der Waals surface area contributed by atoms with Crippen molar-refractivity contribution in [1.29, 1.82) is 0 Å². The Balaban J connectivity index is 1.54. The number of halogens is 3. The van der Waals surface area contributed by atoms with Gasteiger partial charge in [-0.1, -0.05) is 53.2 Å². The highest BCUT2D eigenvalue weighted by atomic mass is 35.5. The fourth-order valence-corrected chi connectivity index (χ4v) is 5.92. The quantitative estimate of drug-likeness (QED) is 0.253. The van der Waals surface area contributed by atoms with Gasteiger partial charge in [0.2, 0.25) is 5.88 Å². The second-order valence-corrected chi connectivity index (χ2v) is 10.9. The van der Waals surface area contributed by atoms with Crippen molar-refractivity contribution in [3.8, 4) is 11.6 Å². The van der Waals surface area contributed by atoms with Crippen molar-refractivity contribution in [3.05, 3.63) is 115 Å². The molecule has 2 aromatic carbocycles. The molecule has 0 radical (unpaired) electrons. The average Bonchev–Trinajstić information content (AvgIpc) is 3.31. The Kier molecular flexibility index (Phi) is 6.94. The minimum Gasteiger partial charge on any atom is -0.511 e. The van der Waals surface area contributed by atoms with Gasteiger partial charge in [-0.15, -0.1) is 11.3 Å². The molecule has 1 unspecified atom stereocenters. The van der Waals surface area contributed by atoms with E-state index in [-0.39, 0.29) is 28.8 Å². The van der Waals surface area contributed by atoms with Gasteiger partial charge in [-0.25, -0.2) is 9.37 Å². The van der Waals surface area contributed by atoms with Crippen LogP contribution in [0.2, 0.25) is 9.36 Å². The van der Waals surface area contributed by atoms with Crippen LogP contribution in [0.1, 0.15) is 17.7 Å². The van der Waals surface area contributed by atoms with Crippen molar-refractivity contribution in [2.24, 2.45) is 0 Å². The fourth-order valence-electron chi connectivity index (χ4n) is 3.84. The molecule has 182 valence electrons. The molecule has 0 saturated carbocycles. The Labute approximate surface area is 224 Å². The molecular formula is C26H17Cl2FN2O3S2. The number of hydrogen-bond acceptors (Lipinski definition) is 6. The molecule has 2 N–H and O–H groups in total. The van der Waals surface area contributed by atoms with Crippen LogP contribution in [-0.2, 0) is 10.3 Å². The number of nitrogens with one attached hydrogen (secondary N) is 1. The molecule has 0 bridgehead atoms. The van der Waals surface area contributed by atoms with Crippen LogP contribution in [0.3, 0.4) is 0 Å². The lowest BCUT2D eigenvalue weighted by molar-refractivity contribution is -0.119. The minimum absolute atomic E-state index is 0.0333. The third-order valence-electron chi connectivity index (χ3n) is 5.53. The van der Waals surface area contributed by atoms with Crippen LogP contribution in [0.5, 0.6) is 11.6 Å². The number of amides is 1. The first kappa shape index (κ1) is 24.6. The van der Waals surface area contributed by atoms with Gasteiger partial charge in [-0.2, -0.15) is 0 Å². The van der Waals surface area contributed by atoms with Crippen LogP contribution in [0.4, 0.5) is 4.39 Å². The minimum atomic E-state index is -1.20. The highest BCUT2D eigenvalue weighted by molar-refractivity contribution is 8.04. The number of aromatic nitrogens is 1. The lowest BCUT2D eigenvalue weighted by atomic mass is 9.82. The van der Waals surface area contributed by atoms with Gasteiger partial charge in [-0.05, 0) is 59.5 Å². The van der Waals surface area contributed by atoms with E-state index in [1.165, 1.54) is 35.6 Å². The molecule has 0 spiro atoms. The second-order valence-electron chi connectivity index (χ2n) is 7.90. The van der Waals surface area contributed by atoms with Crippen molar-refractivity contribution >= 4 is 52.2 Å². The predicted octanol–water partition coefficient (Wildman–Crippen LogP) is 7.71. The number of aliphatic hydroxyl groups excluding tert-OH is 1. The van der Waals surface area contributed by atoms with Crippen molar-refractivity contribution in [3.63, 3.8) is 0 Å². The lowest BCUT2D eigenvalue weighted by Gasteiger charge is -2.37. The molecule has 1 atom stereocenters. The molecule has 5 nitrogen and oxygen atoms in total. The highest BCUT2D eigenvalue weighted by Crippen LogP contribution is 2.45. The van der Waals surface area contributed by atoms with Crippen molar-refractivity contribution in [1.82, 2.24) is 10.3 Å². The summed E-state index contributed by atoms with van der Waals surface area (Å²) >= 11 is 14.9. The third kappa shape index (κ3) is 4.95. The molecule has 1 amide bonds. The largest absolute Gasteiger partial charge is 0.511 e. The zero-order valence-electron chi connectivity index (χ0n) is 18.4. The monoisotopic (exact) mass is 558 g/mol. The molecule has 1 aliphatic heterocycles. The summed E-state index contributed by atoms with van der Waals surface area (Å²) in [6.07, 6.45) is 0.0333. The third-order valence-corrected chi connectivity index (χ3v) is 8.27. The summed E-state index contributed by atoms with van der Waals surface area (Å²) in [5.74, 6) is -0.304.